The molecule has 3 aromatic rings. The SMILES string of the molecule is O=C1COc2ccccc2CN1CCNC(=O)N(c1ccccc1)c1ccccc1. The largest absolute Gasteiger partial charge is 0.483 e. The summed E-state index contributed by atoms with van der Waals surface area (Å²) in [6.45, 7) is 1.21. The third-order valence-corrected chi connectivity index (χ3v) is 4.93. The van der Waals surface area contributed by atoms with Crippen LogP contribution in [0.25, 0.3) is 0 Å². The Balaban J connectivity index is 1.43. The number of para-hydroxylation sites is 3. The molecule has 0 atom stereocenters. The van der Waals surface area contributed by atoms with Gasteiger partial charge in [-0.25, -0.2) is 4.79 Å². The highest BCUT2D eigenvalue weighted by molar-refractivity contribution is 5.99. The maximum Gasteiger partial charge on any atom is 0.326 e. The number of benzene rings is 3. The second-order valence-corrected chi connectivity index (χ2v) is 6.95. The Labute approximate surface area is 175 Å². The number of carbonyl (C=O) groups excluding carboxylic acids is 2. The quantitative estimate of drug-likeness (QED) is 0.704. The van der Waals surface area contributed by atoms with Crippen LogP contribution in [0, 0.1) is 0 Å². The minimum Gasteiger partial charge on any atom is -0.483 e. The molecule has 0 fully saturated rings. The van der Waals surface area contributed by atoms with Crippen molar-refractivity contribution >= 4 is 23.3 Å². The summed E-state index contributed by atoms with van der Waals surface area (Å²) < 4.78 is 5.59. The number of nitrogens with one attached hydrogen (secondary N) is 1. The standard InChI is InChI=1S/C24H23N3O3/c28-23-18-30-22-14-8-7-9-19(22)17-26(23)16-15-25-24(29)27(20-10-3-1-4-11-20)21-12-5-2-6-13-21/h1-14H,15-18H2,(H,25,29). The fraction of sp³-hybridized carbons (Fsp3) is 0.167. The third-order valence-electron chi connectivity index (χ3n) is 4.93. The van der Waals surface area contributed by atoms with Gasteiger partial charge in [0.15, 0.2) is 6.61 Å². The van der Waals surface area contributed by atoms with Crippen LogP contribution in [0.15, 0.2) is 84.9 Å². The molecule has 0 aliphatic carbocycles. The van der Waals surface area contributed by atoms with Crippen LogP contribution in [0.2, 0.25) is 0 Å². The van der Waals surface area contributed by atoms with Crippen molar-refractivity contribution in [1.82, 2.24) is 10.2 Å². The Morgan fingerprint density at radius 3 is 2.17 bits per heavy atom. The van der Waals surface area contributed by atoms with Crippen LogP contribution >= 0.6 is 0 Å². The van der Waals surface area contributed by atoms with Crippen molar-refractivity contribution in [2.75, 3.05) is 24.6 Å². The monoisotopic (exact) mass is 401 g/mol. The molecule has 0 unspecified atom stereocenters. The zero-order valence-corrected chi connectivity index (χ0v) is 16.5. The molecule has 6 nitrogen and oxygen atoms in total. The van der Waals surface area contributed by atoms with Gasteiger partial charge in [0, 0.05) is 25.2 Å². The molecule has 4 rings (SSSR count). The van der Waals surface area contributed by atoms with Crippen molar-refractivity contribution in [3.05, 3.63) is 90.5 Å². The molecule has 30 heavy (non-hydrogen) atoms. The highest BCUT2D eigenvalue weighted by atomic mass is 16.5. The van der Waals surface area contributed by atoms with E-state index in [1.54, 1.807) is 9.80 Å². The lowest BCUT2D eigenvalue weighted by molar-refractivity contribution is -0.133. The second-order valence-electron chi connectivity index (χ2n) is 6.95. The normalized spacial score (nSPS) is 13.1. The Morgan fingerprint density at radius 2 is 1.50 bits per heavy atom. The number of hydrogen-bond acceptors (Lipinski definition) is 3. The van der Waals surface area contributed by atoms with E-state index in [-0.39, 0.29) is 18.5 Å². The summed E-state index contributed by atoms with van der Waals surface area (Å²) in [4.78, 5) is 28.8. The van der Waals surface area contributed by atoms with E-state index < -0.39 is 0 Å². The van der Waals surface area contributed by atoms with Gasteiger partial charge in [-0.05, 0) is 30.3 Å². The van der Waals surface area contributed by atoms with E-state index in [0.29, 0.717) is 19.6 Å². The molecule has 0 saturated carbocycles. The van der Waals surface area contributed by atoms with Gasteiger partial charge in [0.1, 0.15) is 5.75 Å². The molecule has 1 aliphatic heterocycles. The van der Waals surface area contributed by atoms with Gasteiger partial charge in [-0.3, -0.25) is 9.69 Å². The molecule has 0 aromatic heterocycles. The average Bonchev–Trinajstić information content (AvgIpc) is 2.94. The predicted molar refractivity (Wildman–Crippen MR) is 116 cm³/mol. The first-order valence-corrected chi connectivity index (χ1v) is 9.89. The van der Waals surface area contributed by atoms with E-state index in [1.807, 2.05) is 84.9 Å². The minimum absolute atomic E-state index is 0.00507. The number of hydrogen-bond donors (Lipinski definition) is 1. The molecule has 6 heteroatoms. The Morgan fingerprint density at radius 1 is 0.900 bits per heavy atom. The molecule has 0 spiro atoms. The molecule has 152 valence electrons. The summed E-state index contributed by atoms with van der Waals surface area (Å²) in [5, 5.41) is 2.94. The summed E-state index contributed by atoms with van der Waals surface area (Å²) in [6.07, 6.45) is 0. The molecule has 0 bridgehead atoms. The lowest BCUT2D eigenvalue weighted by atomic mass is 10.2. The highest BCUT2D eigenvalue weighted by Crippen LogP contribution is 2.25. The van der Waals surface area contributed by atoms with Crippen LogP contribution in [0.1, 0.15) is 5.56 Å². The van der Waals surface area contributed by atoms with Crippen LogP contribution < -0.4 is 15.0 Å². The van der Waals surface area contributed by atoms with Gasteiger partial charge in [-0.15, -0.1) is 0 Å². The zero-order valence-electron chi connectivity index (χ0n) is 16.5. The molecule has 0 saturated heterocycles. The smallest absolute Gasteiger partial charge is 0.326 e. The minimum atomic E-state index is -0.244. The fourth-order valence-electron chi connectivity index (χ4n) is 3.42. The van der Waals surface area contributed by atoms with E-state index >= 15 is 0 Å². The maximum atomic E-state index is 13.0. The first-order valence-electron chi connectivity index (χ1n) is 9.89. The number of nitrogens with zero attached hydrogens (tertiary/aromatic N) is 2. The number of fused-ring (bicyclic) bond motifs is 1. The van der Waals surface area contributed by atoms with Gasteiger partial charge in [-0.2, -0.15) is 0 Å². The zero-order chi connectivity index (χ0) is 20.8. The summed E-state index contributed by atoms with van der Waals surface area (Å²) in [6, 6.07) is 26.3. The summed E-state index contributed by atoms with van der Waals surface area (Å²) in [5.41, 5.74) is 2.51. The lowest BCUT2D eigenvalue weighted by Crippen LogP contribution is -2.43. The van der Waals surface area contributed by atoms with Gasteiger partial charge in [0.2, 0.25) is 0 Å². The van der Waals surface area contributed by atoms with Gasteiger partial charge in [0.05, 0.1) is 11.4 Å². The number of anilines is 2. The molecule has 3 aromatic carbocycles. The number of amides is 3. The molecule has 1 N–H and O–H groups in total. The Bertz CT molecular complexity index is 969. The summed E-state index contributed by atoms with van der Waals surface area (Å²) >= 11 is 0. The lowest BCUT2D eigenvalue weighted by Gasteiger charge is -2.25. The third kappa shape index (κ3) is 4.43. The first-order chi connectivity index (χ1) is 14.7. The topological polar surface area (TPSA) is 61.9 Å². The van der Waals surface area contributed by atoms with E-state index in [0.717, 1.165) is 22.7 Å². The van der Waals surface area contributed by atoms with Crippen molar-refractivity contribution in [3.63, 3.8) is 0 Å². The van der Waals surface area contributed by atoms with E-state index in [1.165, 1.54) is 0 Å². The van der Waals surface area contributed by atoms with Crippen LogP contribution in [-0.2, 0) is 11.3 Å². The second kappa shape index (κ2) is 9.13. The summed E-state index contributed by atoms with van der Waals surface area (Å²) in [7, 11) is 0. The van der Waals surface area contributed by atoms with Crippen molar-refractivity contribution in [2.24, 2.45) is 0 Å². The predicted octanol–water partition coefficient (Wildman–Crippen LogP) is 3.96. The van der Waals surface area contributed by atoms with Crippen LogP contribution in [0.4, 0.5) is 16.2 Å². The number of rotatable bonds is 5. The molecule has 1 aliphatic rings. The van der Waals surface area contributed by atoms with Crippen molar-refractivity contribution in [2.45, 2.75) is 6.54 Å². The number of carbonyl (C=O) groups is 2. The van der Waals surface area contributed by atoms with E-state index in [4.69, 9.17) is 4.74 Å². The van der Waals surface area contributed by atoms with Crippen LogP contribution in [0.5, 0.6) is 5.75 Å². The molecule has 3 amide bonds. The molecule has 1 heterocycles. The fourth-order valence-corrected chi connectivity index (χ4v) is 3.42. The average molecular weight is 401 g/mol. The number of ether oxygens (including phenoxy) is 1. The van der Waals surface area contributed by atoms with E-state index in [2.05, 4.69) is 5.32 Å². The van der Waals surface area contributed by atoms with Crippen molar-refractivity contribution in [1.29, 1.82) is 0 Å². The van der Waals surface area contributed by atoms with Gasteiger partial charge in [-0.1, -0.05) is 54.6 Å². The maximum absolute atomic E-state index is 13.0. The van der Waals surface area contributed by atoms with E-state index in [9.17, 15) is 9.59 Å². The molecule has 0 radical (unpaired) electrons. The molecular weight excluding hydrogens is 378 g/mol. The van der Waals surface area contributed by atoms with Gasteiger partial charge >= 0.3 is 6.03 Å². The van der Waals surface area contributed by atoms with Crippen LogP contribution in [-0.4, -0.2) is 36.5 Å². The summed E-state index contributed by atoms with van der Waals surface area (Å²) in [5.74, 6) is 0.639. The highest BCUT2D eigenvalue weighted by Gasteiger charge is 2.22. The van der Waals surface area contributed by atoms with Crippen molar-refractivity contribution < 1.29 is 14.3 Å². The Hall–Kier alpha value is -3.80. The molecular formula is C24H23N3O3. The Kier molecular flexibility index (Phi) is 5.94. The van der Waals surface area contributed by atoms with Gasteiger partial charge < -0.3 is 15.0 Å². The first kappa shape index (κ1) is 19.5. The van der Waals surface area contributed by atoms with Crippen LogP contribution in [0.3, 0.4) is 0 Å². The van der Waals surface area contributed by atoms with Crippen molar-refractivity contribution in [3.8, 4) is 5.75 Å². The number of urea groups is 1. The van der Waals surface area contributed by atoms with Gasteiger partial charge in [0.25, 0.3) is 5.91 Å².